The van der Waals surface area contributed by atoms with Crippen LogP contribution in [-0.2, 0) is 16.1 Å². The van der Waals surface area contributed by atoms with E-state index in [1.54, 1.807) is 10.7 Å². The first-order chi connectivity index (χ1) is 22.8. The summed E-state index contributed by atoms with van der Waals surface area (Å²) >= 11 is 0. The van der Waals surface area contributed by atoms with Gasteiger partial charge in [-0.2, -0.15) is 5.10 Å². The number of para-hydroxylation sites is 1. The van der Waals surface area contributed by atoms with Crippen LogP contribution in [0, 0.1) is 12.8 Å². The van der Waals surface area contributed by atoms with Crippen LogP contribution in [0.2, 0.25) is 0 Å². The van der Waals surface area contributed by atoms with Crippen LogP contribution in [0.25, 0.3) is 27.8 Å². The van der Waals surface area contributed by atoms with Gasteiger partial charge >= 0.3 is 0 Å². The van der Waals surface area contributed by atoms with E-state index in [0.717, 1.165) is 74.2 Å². The van der Waals surface area contributed by atoms with Crippen LogP contribution in [0.4, 0.5) is 4.39 Å². The predicted octanol–water partition coefficient (Wildman–Crippen LogP) is 5.46. The Labute approximate surface area is 274 Å². The number of rotatable bonds is 6. The molecule has 47 heavy (non-hydrogen) atoms. The number of piperidine rings is 2. The molecule has 3 atom stereocenters. The van der Waals surface area contributed by atoms with Crippen LogP contribution < -0.4 is 5.73 Å². The quantitative estimate of drug-likeness (QED) is 0.302. The zero-order chi connectivity index (χ0) is 32.2. The highest BCUT2D eigenvalue weighted by Gasteiger charge is 2.33. The number of benzene rings is 1. The minimum atomic E-state index is -1.10. The van der Waals surface area contributed by atoms with E-state index >= 15 is 0 Å². The number of carbonyl (C=O) groups excluding carboxylic acids is 2. The van der Waals surface area contributed by atoms with Gasteiger partial charge in [0, 0.05) is 56.0 Å². The number of nitrogens with two attached hydrogens (primary N) is 1. The smallest absolute Gasteiger partial charge is 0.255 e. The summed E-state index contributed by atoms with van der Waals surface area (Å²) < 4.78 is 24.3. The minimum absolute atomic E-state index is 0.0713. The van der Waals surface area contributed by atoms with Gasteiger partial charge in [-0.05, 0) is 93.9 Å². The lowest BCUT2D eigenvalue weighted by atomic mass is 9.88. The number of alkyl halides is 1. The fourth-order valence-electron chi connectivity index (χ4n) is 8.14. The molecule has 4 fully saturated rings. The van der Waals surface area contributed by atoms with Crippen LogP contribution in [0.5, 0.6) is 0 Å². The van der Waals surface area contributed by atoms with E-state index in [1.807, 2.05) is 17.0 Å². The first-order valence-corrected chi connectivity index (χ1v) is 17.5. The molecule has 1 aliphatic carbocycles. The summed E-state index contributed by atoms with van der Waals surface area (Å²) in [6, 6.07) is 12.3. The minimum Gasteiger partial charge on any atom is -0.368 e. The summed E-state index contributed by atoms with van der Waals surface area (Å²) in [6.07, 6.45) is 7.99. The molecule has 0 spiro atoms. The third-order valence-corrected chi connectivity index (χ3v) is 10.9. The van der Waals surface area contributed by atoms with E-state index in [-0.39, 0.29) is 36.9 Å². The van der Waals surface area contributed by atoms with Crippen molar-refractivity contribution in [3.05, 3.63) is 59.3 Å². The van der Waals surface area contributed by atoms with Crippen LogP contribution in [0.3, 0.4) is 0 Å². The summed E-state index contributed by atoms with van der Waals surface area (Å²) in [7, 11) is 0. The molecule has 2 N–H and O–H groups in total. The Hall–Kier alpha value is -3.76. The molecule has 3 aliphatic heterocycles. The van der Waals surface area contributed by atoms with Gasteiger partial charge in [-0.3, -0.25) is 9.59 Å². The Balaban J connectivity index is 1.11. The van der Waals surface area contributed by atoms with Crippen LogP contribution >= 0.6 is 0 Å². The first kappa shape index (κ1) is 30.6. The number of ether oxygens (including phenoxy) is 1. The average molecular weight is 641 g/mol. The second-order valence-electron chi connectivity index (χ2n) is 14.3. The summed E-state index contributed by atoms with van der Waals surface area (Å²) in [5.74, 6) is 0.979. The van der Waals surface area contributed by atoms with Crippen molar-refractivity contribution in [2.24, 2.45) is 11.7 Å². The molecule has 4 aromatic rings. The van der Waals surface area contributed by atoms with Crippen molar-refractivity contribution in [2.75, 3.05) is 32.8 Å². The van der Waals surface area contributed by atoms with Crippen molar-refractivity contribution in [2.45, 2.75) is 89.1 Å². The van der Waals surface area contributed by atoms with Gasteiger partial charge in [0.2, 0.25) is 0 Å². The number of carbonyl (C=O) groups is 2. The third-order valence-electron chi connectivity index (χ3n) is 10.9. The van der Waals surface area contributed by atoms with E-state index in [0.29, 0.717) is 30.6 Å². The topological polar surface area (TPSA) is 98.1 Å². The molecule has 1 aromatic carbocycles. The molecule has 2 amide bonds. The molecular formula is C37H45FN6O3. The number of fused-ring (bicyclic) bond motifs is 2. The number of aryl methyl sites for hydroxylation is 1. The maximum atomic E-state index is 14.2. The Morgan fingerprint density at radius 2 is 1.85 bits per heavy atom. The van der Waals surface area contributed by atoms with Crippen molar-refractivity contribution in [3.8, 4) is 11.4 Å². The number of likely N-dealkylation sites (tertiary alicyclic amines) is 2. The summed E-state index contributed by atoms with van der Waals surface area (Å²) in [5, 5.41) is 6.28. The highest BCUT2D eigenvalue weighted by atomic mass is 19.1. The van der Waals surface area contributed by atoms with Crippen LogP contribution in [-0.4, -0.2) is 86.9 Å². The fraction of sp³-hybridized carbons (Fsp3) is 0.541. The van der Waals surface area contributed by atoms with Crippen molar-refractivity contribution >= 4 is 28.2 Å². The molecule has 1 unspecified atom stereocenters. The third kappa shape index (κ3) is 5.84. The molecule has 8 rings (SSSR count). The number of pyridine rings is 1. The number of hydrogen-bond acceptors (Lipinski definition) is 5. The number of aromatic nitrogens is 3. The molecule has 6 heterocycles. The summed E-state index contributed by atoms with van der Waals surface area (Å²) in [5.41, 5.74) is 13.2. The predicted molar refractivity (Wildman–Crippen MR) is 179 cm³/mol. The lowest BCUT2D eigenvalue weighted by Crippen LogP contribution is -2.50. The molecule has 1 saturated carbocycles. The van der Waals surface area contributed by atoms with Gasteiger partial charge in [0.25, 0.3) is 11.8 Å². The maximum absolute atomic E-state index is 14.2. The number of hydrogen-bond donors (Lipinski definition) is 1. The monoisotopic (exact) mass is 640 g/mol. The van der Waals surface area contributed by atoms with Gasteiger partial charge in [0.1, 0.15) is 18.0 Å². The molecular weight excluding hydrogens is 595 g/mol. The molecule has 9 nitrogen and oxygen atoms in total. The molecule has 0 bridgehead atoms. The first-order valence-electron chi connectivity index (χ1n) is 17.5. The molecule has 3 saturated heterocycles. The van der Waals surface area contributed by atoms with Crippen molar-refractivity contribution in [3.63, 3.8) is 0 Å². The van der Waals surface area contributed by atoms with Gasteiger partial charge in [0.05, 0.1) is 28.8 Å². The highest BCUT2D eigenvalue weighted by Crippen LogP contribution is 2.41. The van der Waals surface area contributed by atoms with Gasteiger partial charge in [-0.25, -0.2) is 8.91 Å². The second-order valence-corrected chi connectivity index (χ2v) is 14.3. The van der Waals surface area contributed by atoms with E-state index in [2.05, 4.69) is 35.8 Å². The Morgan fingerprint density at radius 1 is 1.02 bits per heavy atom. The van der Waals surface area contributed by atoms with E-state index < -0.39 is 6.17 Å². The molecule has 0 radical (unpaired) electrons. The van der Waals surface area contributed by atoms with E-state index in [1.165, 1.54) is 34.2 Å². The standard InChI is InChI=1S/C37H45FN6O3/c1-23-31-11-10-27(36(45)42-21-28(38)18-29(39)22-42)20-44(31)40-34(23)32-17-26-5-4-6-30(35(26)43(32)19-24-8-9-24)25-12-14-41(15-13-25)37(46)33-7-2-3-16-47-33/h4-6,10-11,17,20,24-25,28-29,33H,2-3,7-9,12-16,18-19,21-22,39H2,1H3/t28-,29-,33?/m1/s1. The van der Waals surface area contributed by atoms with Gasteiger partial charge in [-0.1, -0.05) is 18.2 Å². The summed E-state index contributed by atoms with van der Waals surface area (Å²) in [6.45, 7) is 5.68. The Kier molecular flexibility index (Phi) is 8.04. The zero-order valence-corrected chi connectivity index (χ0v) is 27.2. The SMILES string of the molecule is Cc1c(-c2cc3cccc(C4CCN(C(=O)C5CCCCO5)CC4)c3n2CC2CC2)nn2cc(C(=O)N3C[C@H](N)C[C@@H](F)C3)ccc12. The van der Waals surface area contributed by atoms with Gasteiger partial charge in [0.15, 0.2) is 0 Å². The lowest BCUT2D eigenvalue weighted by Gasteiger charge is -2.35. The van der Waals surface area contributed by atoms with Gasteiger partial charge < -0.3 is 24.8 Å². The number of halogens is 1. The van der Waals surface area contributed by atoms with Crippen LogP contribution in [0.1, 0.15) is 78.8 Å². The second kappa shape index (κ2) is 12.4. The maximum Gasteiger partial charge on any atom is 0.255 e. The van der Waals surface area contributed by atoms with Crippen molar-refractivity contribution in [1.29, 1.82) is 0 Å². The Morgan fingerprint density at radius 3 is 2.60 bits per heavy atom. The van der Waals surface area contributed by atoms with Gasteiger partial charge in [-0.15, -0.1) is 0 Å². The highest BCUT2D eigenvalue weighted by molar-refractivity contribution is 5.95. The fourth-order valence-corrected chi connectivity index (χ4v) is 8.14. The summed E-state index contributed by atoms with van der Waals surface area (Å²) in [4.78, 5) is 30.1. The normalized spacial score (nSPS) is 24.4. The van der Waals surface area contributed by atoms with Crippen LogP contribution in [0.15, 0.2) is 42.6 Å². The number of amides is 2. The molecule has 3 aromatic heterocycles. The average Bonchev–Trinajstić information content (AvgIpc) is 3.76. The molecule has 4 aliphatic rings. The molecule has 10 heteroatoms. The van der Waals surface area contributed by atoms with Crippen molar-refractivity contribution < 1.29 is 18.7 Å². The van der Waals surface area contributed by atoms with E-state index in [4.69, 9.17) is 15.6 Å². The molecule has 248 valence electrons. The Bertz CT molecular complexity index is 1800. The van der Waals surface area contributed by atoms with E-state index in [9.17, 15) is 14.0 Å². The largest absolute Gasteiger partial charge is 0.368 e. The zero-order valence-electron chi connectivity index (χ0n) is 27.2. The van der Waals surface area contributed by atoms with Crippen molar-refractivity contribution in [1.82, 2.24) is 24.0 Å². The lowest BCUT2D eigenvalue weighted by molar-refractivity contribution is -0.147. The number of nitrogens with zero attached hydrogens (tertiary/aromatic N) is 5.